The number of benzene rings is 1. The molecule has 5 heteroatoms. The van der Waals surface area contributed by atoms with Gasteiger partial charge in [0.05, 0.1) is 19.8 Å². The van der Waals surface area contributed by atoms with Gasteiger partial charge in [0.1, 0.15) is 0 Å². The summed E-state index contributed by atoms with van der Waals surface area (Å²) in [5, 5.41) is 11.3. The van der Waals surface area contributed by atoms with Crippen LogP contribution in [0.15, 0.2) is 30.3 Å². The molecule has 2 N–H and O–H groups in total. The zero-order valence-corrected chi connectivity index (χ0v) is 10.2. The van der Waals surface area contributed by atoms with E-state index in [0.29, 0.717) is 13.2 Å². The summed E-state index contributed by atoms with van der Waals surface area (Å²) in [6.07, 6.45) is -0.467. The third-order valence-electron chi connectivity index (χ3n) is 2.89. The molecule has 0 radical (unpaired) electrons. The van der Waals surface area contributed by atoms with Crippen molar-refractivity contribution in [1.82, 2.24) is 5.32 Å². The van der Waals surface area contributed by atoms with E-state index in [1.165, 1.54) is 0 Å². The van der Waals surface area contributed by atoms with Crippen LogP contribution in [-0.2, 0) is 9.53 Å². The predicted molar refractivity (Wildman–Crippen MR) is 68.5 cm³/mol. The first kappa shape index (κ1) is 12.9. The molecular weight excluding hydrogens is 232 g/mol. The number of aliphatic hydroxyl groups excluding tert-OH is 1. The first-order chi connectivity index (χ1) is 8.81. The average Bonchev–Trinajstić information content (AvgIpc) is 2.46. The molecule has 1 aliphatic heterocycles. The van der Waals surface area contributed by atoms with E-state index in [4.69, 9.17) is 9.84 Å². The SMILES string of the molecule is O=C(NCCO)C1CN(c2ccccc2)CCO1. The van der Waals surface area contributed by atoms with E-state index in [-0.39, 0.29) is 19.1 Å². The van der Waals surface area contributed by atoms with Crippen molar-refractivity contribution < 1.29 is 14.6 Å². The van der Waals surface area contributed by atoms with Gasteiger partial charge in [-0.2, -0.15) is 0 Å². The van der Waals surface area contributed by atoms with Gasteiger partial charge >= 0.3 is 0 Å². The van der Waals surface area contributed by atoms with E-state index >= 15 is 0 Å². The van der Waals surface area contributed by atoms with Crippen LogP contribution in [0.3, 0.4) is 0 Å². The third-order valence-corrected chi connectivity index (χ3v) is 2.89. The Hall–Kier alpha value is -1.59. The van der Waals surface area contributed by atoms with Gasteiger partial charge in [-0.25, -0.2) is 0 Å². The van der Waals surface area contributed by atoms with Crippen molar-refractivity contribution in [3.8, 4) is 0 Å². The summed E-state index contributed by atoms with van der Waals surface area (Å²) in [7, 11) is 0. The van der Waals surface area contributed by atoms with Gasteiger partial charge < -0.3 is 20.1 Å². The topological polar surface area (TPSA) is 61.8 Å². The Labute approximate surface area is 106 Å². The fourth-order valence-electron chi connectivity index (χ4n) is 1.97. The maximum atomic E-state index is 11.8. The van der Waals surface area contributed by atoms with Crippen molar-refractivity contribution in [1.29, 1.82) is 0 Å². The second-order valence-corrected chi connectivity index (χ2v) is 4.16. The number of aliphatic hydroxyl groups is 1. The van der Waals surface area contributed by atoms with Crippen LogP contribution in [-0.4, -0.2) is 50.0 Å². The van der Waals surface area contributed by atoms with Gasteiger partial charge in [0.15, 0.2) is 6.10 Å². The summed E-state index contributed by atoms with van der Waals surface area (Å²) in [6.45, 7) is 2.08. The second-order valence-electron chi connectivity index (χ2n) is 4.16. The second kappa shape index (κ2) is 6.37. The number of rotatable bonds is 4. The average molecular weight is 250 g/mol. The highest BCUT2D eigenvalue weighted by molar-refractivity contribution is 5.81. The normalized spacial score (nSPS) is 19.6. The van der Waals surface area contributed by atoms with Gasteiger partial charge in [0, 0.05) is 18.8 Å². The molecule has 1 aliphatic rings. The molecule has 1 aromatic carbocycles. The van der Waals surface area contributed by atoms with Crippen LogP contribution >= 0.6 is 0 Å². The highest BCUT2D eigenvalue weighted by atomic mass is 16.5. The molecule has 18 heavy (non-hydrogen) atoms. The number of para-hydroxylation sites is 1. The molecule has 1 saturated heterocycles. The number of hydrogen-bond acceptors (Lipinski definition) is 4. The van der Waals surface area contributed by atoms with Crippen LogP contribution in [0.4, 0.5) is 5.69 Å². The molecule has 1 fully saturated rings. The molecule has 1 unspecified atom stereocenters. The van der Waals surface area contributed by atoms with Crippen LogP contribution < -0.4 is 10.2 Å². The molecule has 1 atom stereocenters. The van der Waals surface area contributed by atoms with E-state index in [2.05, 4.69) is 10.2 Å². The molecule has 0 spiro atoms. The fourth-order valence-corrected chi connectivity index (χ4v) is 1.97. The summed E-state index contributed by atoms with van der Waals surface area (Å²) in [5.74, 6) is -0.162. The summed E-state index contributed by atoms with van der Waals surface area (Å²) < 4.78 is 5.45. The third kappa shape index (κ3) is 3.21. The Morgan fingerprint density at radius 2 is 2.22 bits per heavy atom. The Bertz CT molecular complexity index is 383. The van der Waals surface area contributed by atoms with Gasteiger partial charge in [-0.1, -0.05) is 18.2 Å². The largest absolute Gasteiger partial charge is 0.395 e. The van der Waals surface area contributed by atoms with E-state index in [1.54, 1.807) is 0 Å². The lowest BCUT2D eigenvalue weighted by Crippen LogP contribution is -2.50. The van der Waals surface area contributed by atoms with Gasteiger partial charge in [-0.15, -0.1) is 0 Å². The van der Waals surface area contributed by atoms with Crippen LogP contribution in [0.2, 0.25) is 0 Å². The van der Waals surface area contributed by atoms with Crippen molar-refractivity contribution in [2.45, 2.75) is 6.10 Å². The van der Waals surface area contributed by atoms with E-state index in [9.17, 15) is 4.79 Å². The summed E-state index contributed by atoms with van der Waals surface area (Å²) in [4.78, 5) is 13.9. The molecule has 0 aliphatic carbocycles. The van der Waals surface area contributed by atoms with E-state index in [0.717, 1.165) is 12.2 Å². The zero-order valence-electron chi connectivity index (χ0n) is 10.2. The van der Waals surface area contributed by atoms with Crippen LogP contribution in [0.5, 0.6) is 0 Å². The smallest absolute Gasteiger partial charge is 0.251 e. The van der Waals surface area contributed by atoms with Crippen LogP contribution in [0.1, 0.15) is 0 Å². The fraction of sp³-hybridized carbons (Fsp3) is 0.462. The highest BCUT2D eigenvalue weighted by Crippen LogP contribution is 2.16. The van der Waals surface area contributed by atoms with Gasteiger partial charge in [0.25, 0.3) is 5.91 Å². The van der Waals surface area contributed by atoms with Crippen molar-refractivity contribution in [3.63, 3.8) is 0 Å². The lowest BCUT2D eigenvalue weighted by molar-refractivity contribution is -0.133. The zero-order chi connectivity index (χ0) is 12.8. The van der Waals surface area contributed by atoms with Crippen LogP contribution in [0, 0.1) is 0 Å². The molecule has 0 bridgehead atoms. The molecule has 2 rings (SSSR count). The minimum Gasteiger partial charge on any atom is -0.395 e. The van der Waals surface area contributed by atoms with Crippen LogP contribution in [0.25, 0.3) is 0 Å². The molecule has 1 aromatic rings. The van der Waals surface area contributed by atoms with Crippen molar-refractivity contribution in [2.75, 3.05) is 37.7 Å². The first-order valence-electron chi connectivity index (χ1n) is 6.11. The number of morpholine rings is 1. The molecule has 0 aromatic heterocycles. The first-order valence-corrected chi connectivity index (χ1v) is 6.11. The van der Waals surface area contributed by atoms with Crippen molar-refractivity contribution in [3.05, 3.63) is 30.3 Å². The Morgan fingerprint density at radius 1 is 1.44 bits per heavy atom. The number of nitrogens with zero attached hydrogens (tertiary/aromatic N) is 1. The summed E-state index contributed by atoms with van der Waals surface area (Å²) >= 11 is 0. The lowest BCUT2D eigenvalue weighted by Gasteiger charge is -2.33. The van der Waals surface area contributed by atoms with E-state index in [1.807, 2.05) is 30.3 Å². The molecule has 1 heterocycles. The number of nitrogens with one attached hydrogen (secondary N) is 1. The van der Waals surface area contributed by atoms with Crippen molar-refractivity contribution in [2.24, 2.45) is 0 Å². The monoisotopic (exact) mass is 250 g/mol. The standard InChI is InChI=1S/C13H18N2O3/c16-8-6-14-13(17)12-10-15(7-9-18-12)11-4-2-1-3-5-11/h1-5,12,16H,6-10H2,(H,14,17). The van der Waals surface area contributed by atoms with Gasteiger partial charge in [-0.3, -0.25) is 4.79 Å². The Balaban J connectivity index is 1.94. The van der Waals surface area contributed by atoms with Gasteiger partial charge in [-0.05, 0) is 12.1 Å². The lowest BCUT2D eigenvalue weighted by atomic mass is 10.2. The number of hydrogen-bond donors (Lipinski definition) is 2. The maximum Gasteiger partial charge on any atom is 0.251 e. The predicted octanol–water partition coefficient (Wildman–Crippen LogP) is 0.000300. The molecule has 1 amide bonds. The summed E-state index contributed by atoms with van der Waals surface area (Å²) in [6, 6.07) is 9.97. The maximum absolute atomic E-state index is 11.8. The minimum atomic E-state index is -0.467. The number of amides is 1. The number of carbonyl (C=O) groups is 1. The minimum absolute atomic E-state index is 0.0547. The highest BCUT2D eigenvalue weighted by Gasteiger charge is 2.26. The Morgan fingerprint density at radius 3 is 2.94 bits per heavy atom. The molecular formula is C13H18N2O3. The number of anilines is 1. The quantitative estimate of drug-likeness (QED) is 0.789. The Kier molecular flexibility index (Phi) is 4.55. The van der Waals surface area contributed by atoms with E-state index < -0.39 is 6.10 Å². The summed E-state index contributed by atoms with van der Waals surface area (Å²) in [5.41, 5.74) is 1.10. The number of carbonyl (C=O) groups excluding carboxylic acids is 1. The molecule has 5 nitrogen and oxygen atoms in total. The van der Waals surface area contributed by atoms with Gasteiger partial charge in [0.2, 0.25) is 0 Å². The molecule has 0 saturated carbocycles. The van der Waals surface area contributed by atoms with Crippen molar-refractivity contribution >= 4 is 11.6 Å². The molecule has 98 valence electrons. The number of ether oxygens (including phenoxy) is 1.